The predicted molar refractivity (Wildman–Crippen MR) is 84.1 cm³/mol. The lowest BCUT2D eigenvalue weighted by Crippen LogP contribution is -2.10. The summed E-state index contributed by atoms with van der Waals surface area (Å²) in [6.45, 7) is 6.44. The Kier molecular flexibility index (Phi) is 5.11. The number of thioether (sulfide) groups is 1. The average Bonchev–Trinajstić information content (AvgIpc) is 2.76. The topological polar surface area (TPSA) is 30.7 Å². The van der Waals surface area contributed by atoms with E-state index in [0.29, 0.717) is 11.9 Å². The number of alkyl halides is 1. The molecule has 19 heavy (non-hydrogen) atoms. The molecule has 0 aliphatic heterocycles. The Labute approximate surface area is 123 Å². The molecule has 5 heteroatoms. The first-order chi connectivity index (χ1) is 9.17. The van der Waals surface area contributed by atoms with E-state index < -0.39 is 0 Å². The fraction of sp³-hybridized carbons (Fsp3) is 0.571. The highest BCUT2D eigenvalue weighted by molar-refractivity contribution is 7.99. The number of pyridine rings is 1. The highest BCUT2D eigenvalue weighted by Crippen LogP contribution is 2.24. The van der Waals surface area contributed by atoms with Gasteiger partial charge in [-0.15, -0.1) is 11.6 Å². The zero-order valence-corrected chi connectivity index (χ0v) is 13.3. The lowest BCUT2D eigenvalue weighted by Gasteiger charge is -2.16. The maximum Gasteiger partial charge on any atom is 0.160 e. The summed E-state index contributed by atoms with van der Waals surface area (Å²) < 4.78 is 2.19. The maximum absolute atomic E-state index is 6.03. The van der Waals surface area contributed by atoms with E-state index in [2.05, 4.69) is 34.4 Å². The fourth-order valence-electron chi connectivity index (χ4n) is 2.21. The molecule has 0 N–H and O–H groups in total. The van der Waals surface area contributed by atoms with Gasteiger partial charge in [-0.3, -0.25) is 0 Å². The summed E-state index contributed by atoms with van der Waals surface area (Å²) in [6.07, 6.45) is 3.01. The summed E-state index contributed by atoms with van der Waals surface area (Å²) in [4.78, 5) is 9.14. The Morgan fingerprint density at radius 1 is 1.47 bits per heavy atom. The third kappa shape index (κ3) is 3.23. The molecule has 0 saturated heterocycles. The minimum absolute atomic E-state index is 0.382. The van der Waals surface area contributed by atoms with Crippen LogP contribution in [-0.4, -0.2) is 26.0 Å². The minimum atomic E-state index is 0.382. The van der Waals surface area contributed by atoms with E-state index in [0.717, 1.165) is 40.5 Å². The van der Waals surface area contributed by atoms with Crippen LogP contribution in [0.15, 0.2) is 12.3 Å². The number of halogens is 1. The molecule has 2 aromatic heterocycles. The van der Waals surface area contributed by atoms with Crippen LogP contribution in [0.3, 0.4) is 0 Å². The Morgan fingerprint density at radius 2 is 2.26 bits per heavy atom. The molecule has 104 valence electrons. The summed E-state index contributed by atoms with van der Waals surface area (Å²) in [7, 11) is 0. The molecule has 1 unspecified atom stereocenters. The highest BCUT2D eigenvalue weighted by Gasteiger charge is 2.16. The molecule has 0 saturated carbocycles. The number of fused-ring (bicyclic) bond motifs is 1. The third-order valence-electron chi connectivity index (χ3n) is 3.18. The van der Waals surface area contributed by atoms with Crippen LogP contribution in [-0.2, 0) is 5.88 Å². The van der Waals surface area contributed by atoms with Crippen molar-refractivity contribution < 1.29 is 0 Å². The van der Waals surface area contributed by atoms with Gasteiger partial charge in [-0.25, -0.2) is 9.97 Å². The smallest absolute Gasteiger partial charge is 0.160 e. The van der Waals surface area contributed by atoms with Crippen LogP contribution in [0.5, 0.6) is 0 Å². The number of hydrogen-bond donors (Lipinski definition) is 0. The summed E-state index contributed by atoms with van der Waals surface area (Å²) in [6, 6.07) is 2.45. The van der Waals surface area contributed by atoms with Gasteiger partial charge in [0.05, 0.1) is 5.88 Å². The van der Waals surface area contributed by atoms with E-state index in [1.807, 2.05) is 24.9 Å². The first-order valence-corrected chi connectivity index (χ1v) is 8.33. The molecule has 2 aromatic rings. The van der Waals surface area contributed by atoms with Crippen molar-refractivity contribution in [1.82, 2.24) is 14.5 Å². The van der Waals surface area contributed by atoms with Crippen LogP contribution in [0.2, 0.25) is 0 Å². The van der Waals surface area contributed by atoms with Gasteiger partial charge in [-0.05, 0) is 43.4 Å². The summed E-state index contributed by atoms with van der Waals surface area (Å²) >= 11 is 8.00. The van der Waals surface area contributed by atoms with Crippen molar-refractivity contribution in [2.75, 3.05) is 11.5 Å². The second-order valence-corrected chi connectivity index (χ2v) is 6.38. The Bertz CT molecular complexity index is 553. The lowest BCUT2D eigenvalue weighted by atomic mass is 10.2. The number of rotatable bonds is 6. The van der Waals surface area contributed by atoms with Crippen molar-refractivity contribution in [3.8, 4) is 0 Å². The Morgan fingerprint density at radius 3 is 2.95 bits per heavy atom. The summed E-state index contributed by atoms with van der Waals surface area (Å²) in [5.74, 6) is 3.67. The zero-order chi connectivity index (χ0) is 13.8. The second kappa shape index (κ2) is 6.62. The molecule has 0 amide bonds. The van der Waals surface area contributed by atoms with Gasteiger partial charge in [0, 0.05) is 12.2 Å². The second-order valence-electron chi connectivity index (χ2n) is 4.72. The van der Waals surface area contributed by atoms with Gasteiger partial charge in [-0.2, -0.15) is 11.8 Å². The average molecular weight is 298 g/mol. The molecule has 0 aliphatic rings. The molecule has 0 spiro atoms. The first-order valence-electron chi connectivity index (χ1n) is 6.64. The third-order valence-corrected chi connectivity index (χ3v) is 4.36. The van der Waals surface area contributed by atoms with Gasteiger partial charge < -0.3 is 4.57 Å². The minimum Gasteiger partial charge on any atom is -0.309 e. The zero-order valence-electron chi connectivity index (χ0n) is 11.7. The van der Waals surface area contributed by atoms with Gasteiger partial charge in [0.1, 0.15) is 11.3 Å². The summed E-state index contributed by atoms with van der Waals surface area (Å²) in [5, 5.41) is 0. The van der Waals surface area contributed by atoms with Gasteiger partial charge in [0.2, 0.25) is 0 Å². The molecule has 0 aromatic carbocycles. The van der Waals surface area contributed by atoms with Crippen molar-refractivity contribution >= 4 is 34.5 Å². The quantitative estimate of drug-likeness (QED) is 0.592. The number of aryl methyl sites for hydroxylation is 1. The maximum atomic E-state index is 6.03. The van der Waals surface area contributed by atoms with Gasteiger partial charge in [0.25, 0.3) is 0 Å². The molecule has 2 heterocycles. The van der Waals surface area contributed by atoms with Crippen molar-refractivity contribution in [3.05, 3.63) is 23.7 Å². The van der Waals surface area contributed by atoms with Crippen LogP contribution in [0.4, 0.5) is 0 Å². The van der Waals surface area contributed by atoms with Crippen LogP contribution in [0.1, 0.15) is 37.7 Å². The van der Waals surface area contributed by atoms with E-state index in [1.54, 1.807) is 0 Å². The number of aromatic nitrogens is 3. The number of hydrogen-bond acceptors (Lipinski definition) is 3. The molecule has 0 radical (unpaired) electrons. The van der Waals surface area contributed by atoms with Crippen LogP contribution < -0.4 is 0 Å². The molecular formula is C14H20ClN3S. The molecule has 0 aliphatic carbocycles. The first kappa shape index (κ1) is 14.7. The van der Waals surface area contributed by atoms with Crippen LogP contribution >= 0.6 is 23.4 Å². The largest absolute Gasteiger partial charge is 0.309 e. The summed E-state index contributed by atoms with van der Waals surface area (Å²) in [5.41, 5.74) is 3.04. The lowest BCUT2D eigenvalue weighted by molar-refractivity contribution is 0.530. The van der Waals surface area contributed by atoms with Gasteiger partial charge >= 0.3 is 0 Å². The Balaban J connectivity index is 2.34. The molecule has 0 bridgehead atoms. The van der Waals surface area contributed by atoms with Crippen molar-refractivity contribution in [2.45, 2.75) is 39.1 Å². The van der Waals surface area contributed by atoms with Crippen molar-refractivity contribution in [3.63, 3.8) is 0 Å². The standard InChI is InChI=1S/C14H20ClN3S/c1-4-19-6-5-11(3)18-13(8-15)17-12-7-10(2)9-16-14(12)18/h7,9,11H,4-6,8H2,1-3H3. The highest BCUT2D eigenvalue weighted by atomic mass is 35.5. The molecule has 0 fully saturated rings. The van der Waals surface area contributed by atoms with Crippen molar-refractivity contribution in [2.24, 2.45) is 0 Å². The number of imidazole rings is 1. The van der Waals surface area contributed by atoms with E-state index in [4.69, 9.17) is 11.6 Å². The molecule has 2 rings (SSSR count). The Hall–Kier alpha value is -0.740. The van der Waals surface area contributed by atoms with Crippen LogP contribution in [0.25, 0.3) is 11.2 Å². The monoisotopic (exact) mass is 297 g/mol. The van der Waals surface area contributed by atoms with E-state index in [9.17, 15) is 0 Å². The molecular weight excluding hydrogens is 278 g/mol. The molecule has 1 atom stereocenters. The van der Waals surface area contributed by atoms with Gasteiger partial charge in [-0.1, -0.05) is 6.92 Å². The molecule has 3 nitrogen and oxygen atoms in total. The normalized spacial score (nSPS) is 13.1. The number of nitrogens with zero attached hydrogens (tertiary/aromatic N) is 3. The fourth-order valence-corrected chi connectivity index (χ4v) is 3.20. The van der Waals surface area contributed by atoms with Gasteiger partial charge in [0.15, 0.2) is 5.65 Å². The SMILES string of the molecule is CCSCCC(C)n1c(CCl)nc2cc(C)cnc21. The predicted octanol–water partition coefficient (Wildman–Crippen LogP) is 4.18. The van der Waals surface area contributed by atoms with E-state index in [-0.39, 0.29) is 0 Å². The van der Waals surface area contributed by atoms with Crippen molar-refractivity contribution in [1.29, 1.82) is 0 Å². The van der Waals surface area contributed by atoms with E-state index >= 15 is 0 Å². The van der Waals surface area contributed by atoms with E-state index in [1.165, 1.54) is 0 Å². The van der Waals surface area contributed by atoms with Crippen LogP contribution in [0, 0.1) is 6.92 Å².